The molecule has 1 aromatic rings. The molecule has 0 saturated heterocycles. The molecule has 0 fully saturated rings. The molecule has 0 bridgehead atoms. The maximum absolute atomic E-state index is 4.84. The summed E-state index contributed by atoms with van der Waals surface area (Å²) in [6.07, 6.45) is 0. The van der Waals surface area contributed by atoms with Crippen LogP contribution >= 0.6 is 0 Å². The van der Waals surface area contributed by atoms with Crippen LogP contribution in [0.5, 0.6) is 0 Å². The molecule has 1 N–H and O–H groups in total. The molecule has 0 aromatic carbocycles. The molecule has 6 heteroatoms. The van der Waals surface area contributed by atoms with Gasteiger partial charge in [0, 0.05) is 0 Å². The summed E-state index contributed by atoms with van der Waals surface area (Å²) in [6, 6.07) is 2.14. The van der Waals surface area contributed by atoms with Crippen LogP contribution in [0.4, 0.5) is 0 Å². The Bertz CT molecular complexity index is 376. The normalized spacial score (nSPS) is 15.9. The first-order valence-corrected chi connectivity index (χ1v) is 6.74. The maximum atomic E-state index is 4.84. The van der Waals surface area contributed by atoms with Crippen molar-refractivity contribution in [3.63, 3.8) is 0 Å². The predicted molar refractivity (Wildman–Crippen MR) is 51.7 cm³/mol. The Morgan fingerprint density at radius 1 is 1.60 bits per heavy atom. The van der Waals surface area contributed by atoms with Crippen LogP contribution in [0.1, 0.15) is 5.69 Å². The summed E-state index contributed by atoms with van der Waals surface area (Å²) in [5, 5.41) is 4.51. The molecule has 0 saturated carbocycles. The molecule has 2 rings (SSSR count). The van der Waals surface area contributed by atoms with Crippen LogP contribution in [-0.4, -0.2) is 28.8 Å². The zero-order valence-corrected chi connectivity index (χ0v) is 11.0. The molecule has 84 valence electrons. The third-order valence-electron chi connectivity index (χ3n) is 2.32. The zero-order valence-electron chi connectivity index (χ0n) is 8.83. The van der Waals surface area contributed by atoms with Gasteiger partial charge < -0.3 is 0 Å². The van der Waals surface area contributed by atoms with Crippen LogP contribution in [0, 0.1) is 3.70 Å². The monoisotopic (exact) mass is 321 g/mol. The van der Waals surface area contributed by atoms with Gasteiger partial charge in [0.05, 0.1) is 0 Å². The summed E-state index contributed by atoms with van der Waals surface area (Å²) in [7, 11) is 3.69. The molecule has 0 aliphatic carbocycles. The van der Waals surface area contributed by atoms with Crippen molar-refractivity contribution in [3.05, 3.63) is 27.7 Å². The van der Waals surface area contributed by atoms with Gasteiger partial charge in [0.25, 0.3) is 0 Å². The molecule has 0 radical (unpaired) electrons. The number of halogens is 1. The number of likely N-dealkylation sites (N-methyl/N-ethyl adjacent to an activating group) is 1. The quantitative estimate of drug-likeness (QED) is 0.370. The van der Waals surface area contributed by atoms with Crippen LogP contribution in [0.15, 0.2) is 18.3 Å². The molecule has 5 nitrogen and oxygen atoms in total. The average molecular weight is 321 g/mol. The van der Waals surface area contributed by atoms with E-state index in [4.69, 9.17) is 4.84 Å². The molecule has 1 aliphatic rings. The Labute approximate surface area is 99.7 Å². The van der Waals surface area contributed by atoms with Crippen molar-refractivity contribution in [1.29, 1.82) is 0 Å². The number of nitrogens with zero attached hydrogens (tertiary/aromatic N) is 3. The van der Waals surface area contributed by atoms with Gasteiger partial charge in [-0.3, -0.25) is 0 Å². The van der Waals surface area contributed by atoms with Crippen LogP contribution in [0.25, 0.3) is 0 Å². The van der Waals surface area contributed by atoms with E-state index in [-0.39, 0.29) is 21.5 Å². The molecular formula is C9H14IN4O-. The van der Waals surface area contributed by atoms with E-state index in [1.807, 2.05) is 4.68 Å². The van der Waals surface area contributed by atoms with Crippen molar-refractivity contribution >= 4 is 0 Å². The second kappa shape index (κ2) is 4.50. The van der Waals surface area contributed by atoms with E-state index in [0.29, 0.717) is 0 Å². The van der Waals surface area contributed by atoms with Gasteiger partial charge in [-0.05, 0) is 0 Å². The second-order valence-corrected chi connectivity index (χ2v) is 5.50. The Morgan fingerprint density at radius 2 is 2.40 bits per heavy atom. The number of rotatable bonds is 3. The van der Waals surface area contributed by atoms with E-state index in [1.165, 1.54) is 5.69 Å². The minimum atomic E-state index is -0.335. The van der Waals surface area contributed by atoms with Gasteiger partial charge in [-0.25, -0.2) is 0 Å². The fourth-order valence-electron chi connectivity index (χ4n) is 1.46. The third-order valence-corrected chi connectivity index (χ3v) is 4.06. The van der Waals surface area contributed by atoms with E-state index >= 15 is 0 Å². The molecule has 2 heterocycles. The average Bonchev–Trinajstić information content (AvgIpc) is 2.58. The number of fused-ring (bicyclic) bond motifs is 1. The second-order valence-electron chi connectivity index (χ2n) is 3.41. The van der Waals surface area contributed by atoms with Crippen LogP contribution in [0.3, 0.4) is 0 Å². The van der Waals surface area contributed by atoms with Gasteiger partial charge in [0.1, 0.15) is 0 Å². The van der Waals surface area contributed by atoms with Gasteiger partial charge >= 0.3 is 99.7 Å². The van der Waals surface area contributed by atoms with Crippen molar-refractivity contribution in [2.24, 2.45) is 0 Å². The van der Waals surface area contributed by atoms with Gasteiger partial charge in [0.2, 0.25) is 0 Å². The molecule has 1 aromatic heterocycles. The summed E-state index contributed by atoms with van der Waals surface area (Å²) in [6.45, 7) is 5.68. The molecule has 0 atom stereocenters. The summed E-state index contributed by atoms with van der Waals surface area (Å²) >= 11 is -0.335. The first kappa shape index (κ1) is 10.9. The SMILES string of the molecule is C=C1Cn2nc([I-]NOC)cc2CN1C. The van der Waals surface area contributed by atoms with Crippen LogP contribution in [0.2, 0.25) is 0 Å². The van der Waals surface area contributed by atoms with Crippen molar-refractivity contribution in [2.75, 3.05) is 14.2 Å². The molecular weight excluding hydrogens is 307 g/mol. The van der Waals surface area contributed by atoms with Crippen molar-refractivity contribution in [2.45, 2.75) is 13.1 Å². The van der Waals surface area contributed by atoms with Gasteiger partial charge in [-0.2, -0.15) is 0 Å². The third kappa shape index (κ3) is 2.32. The van der Waals surface area contributed by atoms with E-state index in [1.54, 1.807) is 7.11 Å². The fourth-order valence-corrected chi connectivity index (χ4v) is 2.79. The Hall–Kier alpha value is -0.600. The predicted octanol–water partition coefficient (Wildman–Crippen LogP) is -2.83. The Balaban J connectivity index is 2.14. The topological polar surface area (TPSA) is 42.3 Å². The van der Waals surface area contributed by atoms with Gasteiger partial charge in [-0.15, -0.1) is 0 Å². The summed E-state index contributed by atoms with van der Waals surface area (Å²) in [5.41, 5.74) is 2.35. The Morgan fingerprint density at radius 3 is 3.13 bits per heavy atom. The molecule has 15 heavy (non-hydrogen) atoms. The Kier molecular flexibility index (Phi) is 3.27. The van der Waals surface area contributed by atoms with Crippen LogP contribution < -0.4 is 25.2 Å². The van der Waals surface area contributed by atoms with Crippen LogP contribution in [-0.2, 0) is 17.9 Å². The van der Waals surface area contributed by atoms with Gasteiger partial charge in [0.15, 0.2) is 0 Å². The number of nitrogens with one attached hydrogen (secondary N) is 1. The summed E-state index contributed by atoms with van der Waals surface area (Å²) in [4.78, 5) is 7.00. The van der Waals surface area contributed by atoms with Gasteiger partial charge in [-0.1, -0.05) is 0 Å². The number of hydrogen-bond donors (Lipinski definition) is 1. The van der Waals surface area contributed by atoms with Crippen molar-refractivity contribution in [1.82, 2.24) is 18.4 Å². The molecule has 0 unspecified atom stereocenters. The van der Waals surface area contributed by atoms with E-state index < -0.39 is 0 Å². The van der Waals surface area contributed by atoms with Crippen molar-refractivity contribution < 1.29 is 26.3 Å². The van der Waals surface area contributed by atoms with E-state index in [2.05, 4.69) is 33.4 Å². The molecule has 0 spiro atoms. The summed E-state index contributed by atoms with van der Waals surface area (Å²) < 4.78 is 6.02. The first-order valence-electron chi connectivity index (χ1n) is 4.58. The standard InChI is InChI=1S/C9H14IN4O/c1-7-5-14-8(6-13(7)2)4-9(11-14)10-12-15-3/h4,12H,1,5-6H2,2-3H3/q-1. The zero-order chi connectivity index (χ0) is 10.8. The molecule has 1 aliphatic heterocycles. The fraction of sp³-hybridized carbons (Fsp3) is 0.444. The number of allylic oxidation sites excluding steroid dienone is 1. The number of aromatic nitrogens is 2. The van der Waals surface area contributed by atoms with E-state index in [0.717, 1.165) is 22.5 Å². The number of hydrogen-bond acceptors (Lipinski definition) is 4. The van der Waals surface area contributed by atoms with E-state index in [9.17, 15) is 0 Å². The minimum absolute atomic E-state index is 0.335. The summed E-state index contributed by atoms with van der Waals surface area (Å²) in [5.74, 6) is 0. The van der Waals surface area contributed by atoms with Crippen molar-refractivity contribution in [3.8, 4) is 0 Å². The molecule has 0 amide bonds. The first-order chi connectivity index (χ1) is 7.20.